The molecule has 6 nitrogen and oxygen atoms in total. The zero-order chi connectivity index (χ0) is 19.6. The second-order valence-corrected chi connectivity index (χ2v) is 8.47. The monoisotopic (exact) mass is 395 g/mol. The van der Waals surface area contributed by atoms with Crippen molar-refractivity contribution in [2.24, 2.45) is 5.92 Å². The van der Waals surface area contributed by atoms with Gasteiger partial charge in [-0.1, -0.05) is 25.7 Å². The minimum absolute atomic E-state index is 0.0695. The maximum absolute atomic E-state index is 12.7. The second-order valence-electron chi connectivity index (χ2n) is 7.26. The van der Waals surface area contributed by atoms with Gasteiger partial charge in [0.15, 0.2) is 5.13 Å². The first-order valence-electron chi connectivity index (χ1n) is 10.1. The van der Waals surface area contributed by atoms with Gasteiger partial charge in [-0.15, -0.1) is 11.3 Å². The number of hydrogen-bond donors (Lipinski definition) is 1. The van der Waals surface area contributed by atoms with Gasteiger partial charge in [0.2, 0.25) is 11.8 Å². The van der Waals surface area contributed by atoms with Gasteiger partial charge in [-0.3, -0.25) is 9.59 Å². The van der Waals surface area contributed by atoms with Gasteiger partial charge in [-0.25, -0.2) is 4.98 Å². The van der Waals surface area contributed by atoms with Crippen LogP contribution in [0.3, 0.4) is 0 Å². The lowest BCUT2D eigenvalue weighted by atomic mass is 10.0. The summed E-state index contributed by atoms with van der Waals surface area (Å²) in [4.78, 5) is 32.2. The second kappa shape index (κ2) is 11.4. The standard InChI is InChI=1S/C20H33N3O3S/c1-4-26-13-7-12-23(19(25)11-10-17-8-5-6-9-17)14-18(24)22-20-21-15(2)16(3)27-20/h17H,4-14H2,1-3H3,(H,21,22,24). The number of carbonyl (C=O) groups is 2. The molecule has 0 spiro atoms. The summed E-state index contributed by atoms with van der Waals surface area (Å²) in [7, 11) is 0. The molecule has 152 valence electrons. The van der Waals surface area contributed by atoms with Crippen molar-refractivity contribution in [2.75, 3.05) is 31.6 Å². The first-order chi connectivity index (χ1) is 13.0. The van der Waals surface area contributed by atoms with Crippen LogP contribution in [0.2, 0.25) is 0 Å². The molecule has 1 aliphatic rings. The van der Waals surface area contributed by atoms with Crippen molar-refractivity contribution in [3.63, 3.8) is 0 Å². The van der Waals surface area contributed by atoms with Gasteiger partial charge in [0.05, 0.1) is 12.2 Å². The highest BCUT2D eigenvalue weighted by Crippen LogP contribution is 2.28. The number of ether oxygens (including phenoxy) is 1. The highest BCUT2D eigenvalue weighted by Gasteiger charge is 2.21. The Bertz CT molecular complexity index is 592. The summed E-state index contributed by atoms with van der Waals surface area (Å²) < 4.78 is 5.37. The molecule has 7 heteroatoms. The number of carbonyl (C=O) groups excluding carboxylic acids is 2. The molecule has 0 aliphatic heterocycles. The van der Waals surface area contributed by atoms with E-state index in [9.17, 15) is 9.59 Å². The summed E-state index contributed by atoms with van der Waals surface area (Å²) >= 11 is 1.46. The Labute approximate surface area is 166 Å². The van der Waals surface area contributed by atoms with E-state index in [0.717, 1.165) is 23.4 Å². The Morgan fingerprint density at radius 3 is 2.67 bits per heavy atom. The molecule has 1 aromatic heterocycles. The van der Waals surface area contributed by atoms with Crippen LogP contribution in [-0.4, -0.2) is 48.0 Å². The summed E-state index contributed by atoms with van der Waals surface area (Å²) in [6.45, 7) is 7.76. The molecule has 0 radical (unpaired) electrons. The van der Waals surface area contributed by atoms with Crippen molar-refractivity contribution < 1.29 is 14.3 Å². The third-order valence-electron chi connectivity index (χ3n) is 5.12. The highest BCUT2D eigenvalue weighted by molar-refractivity contribution is 7.15. The number of aryl methyl sites for hydroxylation is 2. The molecule has 0 aromatic carbocycles. The average Bonchev–Trinajstić information content (AvgIpc) is 3.25. The molecular formula is C20H33N3O3S. The van der Waals surface area contributed by atoms with Gasteiger partial charge in [0, 0.05) is 31.1 Å². The molecule has 27 heavy (non-hydrogen) atoms. The van der Waals surface area contributed by atoms with Crippen molar-refractivity contribution in [1.82, 2.24) is 9.88 Å². The molecule has 2 amide bonds. The maximum atomic E-state index is 12.7. The fourth-order valence-corrected chi connectivity index (χ4v) is 4.27. The van der Waals surface area contributed by atoms with Crippen LogP contribution >= 0.6 is 11.3 Å². The van der Waals surface area contributed by atoms with Gasteiger partial charge in [0.25, 0.3) is 0 Å². The van der Waals surface area contributed by atoms with Crippen LogP contribution in [0.5, 0.6) is 0 Å². The number of anilines is 1. The molecule has 1 heterocycles. The SMILES string of the molecule is CCOCCCN(CC(=O)Nc1nc(C)c(C)s1)C(=O)CCC1CCCC1. The third-order valence-corrected chi connectivity index (χ3v) is 6.11. The van der Waals surface area contributed by atoms with E-state index in [-0.39, 0.29) is 18.4 Å². The van der Waals surface area contributed by atoms with E-state index in [2.05, 4.69) is 10.3 Å². The largest absolute Gasteiger partial charge is 0.382 e. The van der Waals surface area contributed by atoms with E-state index in [1.165, 1.54) is 37.0 Å². The summed E-state index contributed by atoms with van der Waals surface area (Å²) in [6.07, 6.45) is 7.25. The Kier molecular flexibility index (Phi) is 9.21. The molecule has 0 bridgehead atoms. The van der Waals surface area contributed by atoms with Crippen molar-refractivity contribution in [2.45, 2.75) is 65.7 Å². The minimum Gasteiger partial charge on any atom is -0.382 e. The summed E-state index contributed by atoms with van der Waals surface area (Å²) in [6, 6.07) is 0. The molecule has 2 rings (SSSR count). The van der Waals surface area contributed by atoms with Crippen molar-refractivity contribution in [3.8, 4) is 0 Å². The lowest BCUT2D eigenvalue weighted by Crippen LogP contribution is -2.39. The van der Waals surface area contributed by atoms with E-state index in [1.807, 2.05) is 20.8 Å². The van der Waals surface area contributed by atoms with Gasteiger partial charge >= 0.3 is 0 Å². The van der Waals surface area contributed by atoms with Gasteiger partial charge in [-0.05, 0) is 39.5 Å². The zero-order valence-electron chi connectivity index (χ0n) is 16.9. The van der Waals surface area contributed by atoms with E-state index < -0.39 is 0 Å². The van der Waals surface area contributed by atoms with Crippen molar-refractivity contribution >= 4 is 28.3 Å². The average molecular weight is 396 g/mol. The normalized spacial score (nSPS) is 14.5. The first-order valence-corrected chi connectivity index (χ1v) is 10.9. The van der Waals surface area contributed by atoms with E-state index in [1.54, 1.807) is 4.90 Å². The van der Waals surface area contributed by atoms with Crippen LogP contribution in [0.1, 0.15) is 62.4 Å². The Morgan fingerprint density at radius 1 is 1.30 bits per heavy atom. The Hall–Kier alpha value is -1.47. The molecule has 1 aliphatic carbocycles. The molecule has 0 atom stereocenters. The zero-order valence-corrected chi connectivity index (χ0v) is 17.7. The number of aromatic nitrogens is 1. The molecule has 1 aromatic rings. The first kappa shape index (κ1) is 21.8. The van der Waals surface area contributed by atoms with Gasteiger partial charge in [-0.2, -0.15) is 0 Å². The van der Waals surface area contributed by atoms with Crippen LogP contribution in [0, 0.1) is 19.8 Å². The molecular weight excluding hydrogens is 362 g/mol. The lowest BCUT2D eigenvalue weighted by molar-refractivity contribution is -0.135. The van der Waals surface area contributed by atoms with Gasteiger partial charge < -0.3 is 15.0 Å². The van der Waals surface area contributed by atoms with E-state index in [4.69, 9.17) is 4.74 Å². The smallest absolute Gasteiger partial charge is 0.245 e. The summed E-state index contributed by atoms with van der Waals surface area (Å²) in [5.74, 6) is 0.559. The predicted molar refractivity (Wildman–Crippen MR) is 109 cm³/mol. The van der Waals surface area contributed by atoms with Crippen LogP contribution < -0.4 is 5.32 Å². The Balaban J connectivity index is 1.86. The number of nitrogens with one attached hydrogen (secondary N) is 1. The van der Waals surface area contributed by atoms with Crippen LogP contribution in [0.4, 0.5) is 5.13 Å². The topological polar surface area (TPSA) is 71.5 Å². The Morgan fingerprint density at radius 2 is 2.04 bits per heavy atom. The third kappa shape index (κ3) is 7.58. The summed E-state index contributed by atoms with van der Waals surface area (Å²) in [5, 5.41) is 3.43. The quantitative estimate of drug-likeness (QED) is 0.576. The van der Waals surface area contributed by atoms with E-state index in [0.29, 0.717) is 37.2 Å². The molecule has 1 N–H and O–H groups in total. The van der Waals surface area contributed by atoms with Crippen LogP contribution in [-0.2, 0) is 14.3 Å². The number of hydrogen-bond acceptors (Lipinski definition) is 5. The van der Waals surface area contributed by atoms with Crippen LogP contribution in [0.15, 0.2) is 0 Å². The lowest BCUT2D eigenvalue weighted by Gasteiger charge is -2.22. The van der Waals surface area contributed by atoms with Crippen molar-refractivity contribution in [3.05, 3.63) is 10.6 Å². The minimum atomic E-state index is -0.186. The molecule has 0 unspecified atom stereocenters. The van der Waals surface area contributed by atoms with Gasteiger partial charge in [0.1, 0.15) is 0 Å². The highest BCUT2D eigenvalue weighted by atomic mass is 32.1. The number of rotatable bonds is 11. The number of nitrogens with zero attached hydrogens (tertiary/aromatic N) is 2. The molecule has 1 fully saturated rings. The molecule has 0 saturated heterocycles. The maximum Gasteiger partial charge on any atom is 0.245 e. The number of thiazole rings is 1. The molecule has 1 saturated carbocycles. The van der Waals surface area contributed by atoms with Crippen LogP contribution in [0.25, 0.3) is 0 Å². The summed E-state index contributed by atoms with van der Waals surface area (Å²) in [5.41, 5.74) is 0.927. The predicted octanol–water partition coefficient (Wildman–Crippen LogP) is 3.92. The fourth-order valence-electron chi connectivity index (χ4n) is 3.44. The number of amides is 2. The fraction of sp³-hybridized carbons (Fsp3) is 0.750. The van der Waals surface area contributed by atoms with E-state index >= 15 is 0 Å². The van der Waals surface area contributed by atoms with Crippen molar-refractivity contribution in [1.29, 1.82) is 0 Å².